The van der Waals surface area contributed by atoms with Gasteiger partial charge in [-0.25, -0.2) is 0 Å². The smallest absolute Gasteiger partial charge is 0.133 e. The molecule has 0 heterocycles. The molecule has 0 aliphatic heterocycles. The van der Waals surface area contributed by atoms with Crippen LogP contribution in [0.3, 0.4) is 0 Å². The van der Waals surface area contributed by atoms with Crippen LogP contribution in [0, 0.1) is 0 Å². The minimum atomic E-state index is 0.243. The van der Waals surface area contributed by atoms with Crippen LogP contribution in [0.1, 0.15) is 65.2 Å². The Morgan fingerprint density at radius 1 is 0.875 bits per heavy atom. The second kappa shape index (κ2) is 12.2. The molecule has 0 saturated carbocycles. The third-order valence-corrected chi connectivity index (χ3v) is 2.45. The standard InChI is InChI=1S/C15H26O/c1-3-4-5-6-7-8-9-10-11-12-13-14-15(2)16/h7-8,12-13H,3-6,9-11,14H2,1-2H3. The predicted molar refractivity (Wildman–Crippen MR) is 71.6 cm³/mol. The van der Waals surface area contributed by atoms with Gasteiger partial charge < -0.3 is 0 Å². The molecular weight excluding hydrogens is 196 g/mol. The summed E-state index contributed by atoms with van der Waals surface area (Å²) in [4.78, 5) is 10.6. The number of ketones is 1. The fraction of sp³-hybridized carbons (Fsp3) is 0.667. The Hall–Kier alpha value is -0.850. The normalized spacial score (nSPS) is 11.6. The van der Waals surface area contributed by atoms with Crippen molar-refractivity contribution in [3.63, 3.8) is 0 Å². The summed E-state index contributed by atoms with van der Waals surface area (Å²) in [5.41, 5.74) is 0. The van der Waals surface area contributed by atoms with Crippen molar-refractivity contribution in [1.29, 1.82) is 0 Å². The Morgan fingerprint density at radius 2 is 1.44 bits per heavy atom. The van der Waals surface area contributed by atoms with Gasteiger partial charge in [0, 0.05) is 6.42 Å². The van der Waals surface area contributed by atoms with E-state index in [1.165, 1.54) is 32.1 Å². The highest BCUT2D eigenvalue weighted by Crippen LogP contribution is 2.03. The first-order valence-corrected chi connectivity index (χ1v) is 6.56. The minimum Gasteiger partial charge on any atom is -0.300 e. The Bertz CT molecular complexity index is 213. The second-order valence-electron chi connectivity index (χ2n) is 4.28. The second-order valence-corrected chi connectivity index (χ2v) is 4.28. The van der Waals surface area contributed by atoms with Crippen LogP contribution in [0.2, 0.25) is 0 Å². The molecule has 0 aliphatic carbocycles. The van der Waals surface area contributed by atoms with Gasteiger partial charge in [0.15, 0.2) is 0 Å². The van der Waals surface area contributed by atoms with Gasteiger partial charge in [0.2, 0.25) is 0 Å². The molecule has 0 unspecified atom stereocenters. The van der Waals surface area contributed by atoms with Crippen molar-refractivity contribution >= 4 is 5.78 Å². The number of allylic oxidation sites excluding steroid dienone is 4. The molecule has 0 radical (unpaired) electrons. The molecular formula is C15H26O. The van der Waals surface area contributed by atoms with Gasteiger partial charge in [-0.15, -0.1) is 0 Å². The van der Waals surface area contributed by atoms with Gasteiger partial charge >= 0.3 is 0 Å². The third-order valence-electron chi connectivity index (χ3n) is 2.45. The first-order valence-electron chi connectivity index (χ1n) is 6.56. The summed E-state index contributed by atoms with van der Waals surface area (Å²) in [6.07, 6.45) is 17.9. The molecule has 0 N–H and O–H groups in total. The van der Waals surface area contributed by atoms with E-state index in [0.29, 0.717) is 6.42 Å². The van der Waals surface area contributed by atoms with E-state index in [2.05, 4.69) is 25.2 Å². The maximum atomic E-state index is 10.6. The highest BCUT2D eigenvalue weighted by Gasteiger charge is 1.86. The van der Waals surface area contributed by atoms with Crippen molar-refractivity contribution in [3.8, 4) is 0 Å². The van der Waals surface area contributed by atoms with Gasteiger partial charge in [-0.2, -0.15) is 0 Å². The van der Waals surface area contributed by atoms with E-state index in [4.69, 9.17) is 0 Å². The monoisotopic (exact) mass is 222 g/mol. The highest BCUT2D eigenvalue weighted by atomic mass is 16.1. The maximum Gasteiger partial charge on any atom is 0.133 e. The number of rotatable bonds is 10. The summed E-state index contributed by atoms with van der Waals surface area (Å²) in [7, 11) is 0. The molecule has 0 aromatic carbocycles. The number of carbonyl (C=O) groups is 1. The molecule has 16 heavy (non-hydrogen) atoms. The van der Waals surface area contributed by atoms with Gasteiger partial charge in [-0.1, -0.05) is 44.1 Å². The molecule has 1 heteroatoms. The third kappa shape index (κ3) is 13.2. The lowest BCUT2D eigenvalue weighted by Crippen LogP contribution is -1.83. The van der Waals surface area contributed by atoms with Crippen LogP contribution in [0.25, 0.3) is 0 Å². The Morgan fingerprint density at radius 3 is 2.00 bits per heavy atom. The average Bonchev–Trinajstić information content (AvgIpc) is 2.25. The van der Waals surface area contributed by atoms with E-state index in [0.717, 1.165) is 12.8 Å². The molecule has 0 aromatic rings. The summed E-state index contributed by atoms with van der Waals surface area (Å²) in [6, 6.07) is 0. The molecule has 0 aromatic heterocycles. The summed E-state index contributed by atoms with van der Waals surface area (Å²) in [6.45, 7) is 3.86. The summed E-state index contributed by atoms with van der Waals surface area (Å²) >= 11 is 0. The molecule has 0 spiro atoms. The van der Waals surface area contributed by atoms with Crippen LogP contribution in [-0.4, -0.2) is 5.78 Å². The van der Waals surface area contributed by atoms with Crippen molar-refractivity contribution in [2.24, 2.45) is 0 Å². The predicted octanol–water partition coefficient (Wildman–Crippen LogP) is 4.83. The van der Waals surface area contributed by atoms with Crippen molar-refractivity contribution in [2.45, 2.75) is 65.2 Å². The molecule has 0 rings (SSSR count). The number of Topliss-reactive ketones (excluding diaryl/α,β-unsaturated/α-hetero) is 1. The van der Waals surface area contributed by atoms with E-state index in [-0.39, 0.29) is 5.78 Å². The van der Waals surface area contributed by atoms with Crippen molar-refractivity contribution in [3.05, 3.63) is 24.3 Å². The fourth-order valence-corrected chi connectivity index (χ4v) is 1.47. The van der Waals surface area contributed by atoms with E-state index < -0.39 is 0 Å². The summed E-state index contributed by atoms with van der Waals surface area (Å²) in [5.74, 6) is 0.243. The Balaban J connectivity index is 3.19. The number of hydrogen-bond acceptors (Lipinski definition) is 1. The van der Waals surface area contributed by atoms with Gasteiger partial charge in [0.05, 0.1) is 0 Å². The summed E-state index contributed by atoms with van der Waals surface area (Å²) < 4.78 is 0. The summed E-state index contributed by atoms with van der Waals surface area (Å²) in [5, 5.41) is 0. The van der Waals surface area contributed by atoms with Crippen LogP contribution >= 0.6 is 0 Å². The molecule has 0 aliphatic rings. The highest BCUT2D eigenvalue weighted by molar-refractivity contribution is 5.76. The van der Waals surface area contributed by atoms with Crippen LogP contribution in [0.5, 0.6) is 0 Å². The van der Waals surface area contributed by atoms with Crippen molar-refractivity contribution in [1.82, 2.24) is 0 Å². The van der Waals surface area contributed by atoms with Crippen molar-refractivity contribution < 1.29 is 4.79 Å². The topological polar surface area (TPSA) is 17.1 Å². The maximum absolute atomic E-state index is 10.6. The van der Waals surface area contributed by atoms with Crippen LogP contribution in [-0.2, 0) is 4.79 Å². The quantitative estimate of drug-likeness (QED) is 0.382. The van der Waals surface area contributed by atoms with Crippen LogP contribution in [0.15, 0.2) is 24.3 Å². The fourth-order valence-electron chi connectivity index (χ4n) is 1.47. The molecule has 1 nitrogen and oxygen atoms in total. The van der Waals surface area contributed by atoms with Gasteiger partial charge in [0.1, 0.15) is 5.78 Å². The lowest BCUT2D eigenvalue weighted by atomic mass is 10.1. The van der Waals surface area contributed by atoms with Gasteiger partial charge in [0.25, 0.3) is 0 Å². The number of unbranched alkanes of at least 4 members (excludes halogenated alkanes) is 5. The van der Waals surface area contributed by atoms with Gasteiger partial charge in [-0.3, -0.25) is 4.79 Å². The van der Waals surface area contributed by atoms with E-state index in [9.17, 15) is 4.79 Å². The molecule has 0 atom stereocenters. The van der Waals surface area contributed by atoms with Crippen molar-refractivity contribution in [2.75, 3.05) is 0 Å². The zero-order valence-electron chi connectivity index (χ0n) is 10.9. The molecule has 0 fully saturated rings. The molecule has 0 amide bonds. The zero-order valence-corrected chi connectivity index (χ0v) is 10.9. The average molecular weight is 222 g/mol. The van der Waals surface area contributed by atoms with E-state index in [1.54, 1.807) is 6.92 Å². The largest absolute Gasteiger partial charge is 0.300 e. The molecule has 92 valence electrons. The number of hydrogen-bond donors (Lipinski definition) is 0. The minimum absolute atomic E-state index is 0.243. The van der Waals surface area contributed by atoms with Gasteiger partial charge in [-0.05, 0) is 39.0 Å². The Kier molecular flexibility index (Phi) is 11.6. The van der Waals surface area contributed by atoms with Crippen LogP contribution < -0.4 is 0 Å². The zero-order chi connectivity index (χ0) is 12.1. The van der Waals surface area contributed by atoms with E-state index >= 15 is 0 Å². The molecule has 0 saturated heterocycles. The molecule has 0 bridgehead atoms. The Labute approximate surface area is 101 Å². The van der Waals surface area contributed by atoms with E-state index in [1.807, 2.05) is 6.08 Å². The first-order chi connectivity index (χ1) is 7.77. The number of carbonyl (C=O) groups excluding carboxylic acids is 1. The lowest BCUT2D eigenvalue weighted by molar-refractivity contribution is -0.116. The van der Waals surface area contributed by atoms with Crippen LogP contribution in [0.4, 0.5) is 0 Å². The first kappa shape index (κ1) is 15.2. The lowest BCUT2D eigenvalue weighted by Gasteiger charge is -1.93. The SMILES string of the molecule is CCCCCC=CCCCC=CCC(C)=O.